The van der Waals surface area contributed by atoms with Gasteiger partial charge in [-0.15, -0.1) is 0 Å². The maximum Gasteiger partial charge on any atom is 0.297 e. The molecule has 324 valence electrons. The van der Waals surface area contributed by atoms with Crippen molar-refractivity contribution in [3.05, 3.63) is 88.9 Å². The van der Waals surface area contributed by atoms with E-state index in [1.807, 2.05) is 68.6 Å². The maximum atomic E-state index is 14.2. The number of aromatic nitrogens is 3. The van der Waals surface area contributed by atoms with Gasteiger partial charge < -0.3 is 35.4 Å². The van der Waals surface area contributed by atoms with Gasteiger partial charge in [0.25, 0.3) is 6.43 Å². The van der Waals surface area contributed by atoms with Gasteiger partial charge in [0.2, 0.25) is 0 Å². The SMILES string of the molecule is CC=O.COc1cc(Nc2cccc(-c3cccc(Nc4nc(C(F)F)nc5cc(CN(C)C6CCCCC6)cnc45)c3C)c2C=N)cc(OC)c1CN(C)C1CCCC1O. The molecule has 61 heavy (non-hydrogen) atoms. The fourth-order valence-electron chi connectivity index (χ4n) is 8.71. The van der Waals surface area contributed by atoms with Crippen molar-refractivity contribution in [2.45, 2.75) is 103 Å². The Kier molecular flexibility index (Phi) is 15.3. The minimum atomic E-state index is -2.86. The molecule has 2 saturated carbocycles. The van der Waals surface area contributed by atoms with Crippen molar-refractivity contribution in [3.63, 3.8) is 0 Å². The number of halogens is 2. The zero-order chi connectivity index (χ0) is 43.6. The lowest BCUT2D eigenvalue weighted by Crippen LogP contribution is -2.37. The van der Waals surface area contributed by atoms with E-state index in [1.54, 1.807) is 20.4 Å². The van der Waals surface area contributed by atoms with Crippen LogP contribution in [-0.4, -0.2) is 88.9 Å². The number of hydrogen-bond acceptors (Lipinski definition) is 12. The summed E-state index contributed by atoms with van der Waals surface area (Å²) in [5.74, 6) is 0.933. The third-order valence-electron chi connectivity index (χ3n) is 11.9. The van der Waals surface area contributed by atoms with Crippen molar-refractivity contribution in [1.29, 1.82) is 5.41 Å². The highest BCUT2D eigenvalue weighted by Gasteiger charge is 2.30. The summed E-state index contributed by atoms with van der Waals surface area (Å²) in [7, 11) is 7.38. The lowest BCUT2D eigenvalue weighted by Gasteiger charge is -2.31. The first-order chi connectivity index (χ1) is 29.5. The van der Waals surface area contributed by atoms with E-state index in [-0.39, 0.29) is 18.0 Å². The number of nitrogens with zero attached hydrogens (tertiary/aromatic N) is 5. The predicted octanol–water partition coefficient (Wildman–Crippen LogP) is 9.75. The number of hydrogen-bond donors (Lipinski definition) is 4. The summed E-state index contributed by atoms with van der Waals surface area (Å²) in [4.78, 5) is 26.5. The lowest BCUT2D eigenvalue weighted by molar-refractivity contribution is -0.106. The van der Waals surface area contributed by atoms with E-state index in [1.165, 1.54) is 32.4 Å². The van der Waals surface area contributed by atoms with Gasteiger partial charge in [-0.1, -0.05) is 43.5 Å². The third kappa shape index (κ3) is 10.5. The molecule has 2 unspecified atom stereocenters. The molecule has 14 heteroatoms. The van der Waals surface area contributed by atoms with Gasteiger partial charge in [0, 0.05) is 72.3 Å². The predicted molar refractivity (Wildman–Crippen MR) is 238 cm³/mol. The number of alkyl halides is 2. The molecule has 2 aliphatic carbocycles. The van der Waals surface area contributed by atoms with E-state index in [4.69, 9.17) is 24.7 Å². The molecule has 2 aliphatic rings. The molecule has 3 aromatic carbocycles. The van der Waals surface area contributed by atoms with Crippen molar-refractivity contribution in [2.75, 3.05) is 38.9 Å². The maximum absolute atomic E-state index is 14.2. The summed E-state index contributed by atoms with van der Waals surface area (Å²) in [6.07, 6.45) is 9.43. The number of carbonyl (C=O) groups is 1. The van der Waals surface area contributed by atoms with Crippen LogP contribution in [0, 0.1) is 12.3 Å². The number of aliphatic hydroxyl groups is 1. The van der Waals surface area contributed by atoms with Gasteiger partial charge in [0.15, 0.2) is 11.6 Å². The van der Waals surface area contributed by atoms with Crippen LogP contribution in [0.25, 0.3) is 22.2 Å². The van der Waals surface area contributed by atoms with Crippen LogP contribution in [0.4, 0.5) is 31.7 Å². The lowest BCUT2D eigenvalue weighted by atomic mass is 9.94. The molecule has 12 nitrogen and oxygen atoms in total. The van der Waals surface area contributed by atoms with E-state index >= 15 is 0 Å². The highest BCUT2D eigenvalue weighted by atomic mass is 19.3. The van der Waals surface area contributed by atoms with Crippen molar-refractivity contribution < 1.29 is 28.2 Å². The molecule has 2 atom stereocenters. The van der Waals surface area contributed by atoms with Crippen LogP contribution in [0.5, 0.6) is 11.5 Å². The number of aldehydes is 1. The van der Waals surface area contributed by atoms with Gasteiger partial charge in [0.1, 0.15) is 23.3 Å². The van der Waals surface area contributed by atoms with Gasteiger partial charge in [-0.3, -0.25) is 14.8 Å². The Labute approximate surface area is 357 Å². The Morgan fingerprint density at radius 1 is 0.885 bits per heavy atom. The van der Waals surface area contributed by atoms with E-state index in [0.29, 0.717) is 58.6 Å². The largest absolute Gasteiger partial charge is 0.496 e. The van der Waals surface area contributed by atoms with Crippen molar-refractivity contribution in [1.82, 2.24) is 24.8 Å². The normalized spacial score (nSPS) is 16.7. The van der Waals surface area contributed by atoms with Crippen molar-refractivity contribution in [2.24, 2.45) is 0 Å². The number of nitrogens with one attached hydrogen (secondary N) is 3. The molecular formula is C47H58F2N8O4. The highest BCUT2D eigenvalue weighted by molar-refractivity contribution is 5.98. The molecule has 0 amide bonds. The molecule has 0 spiro atoms. The second kappa shape index (κ2) is 20.8. The average Bonchev–Trinajstić information content (AvgIpc) is 3.70. The van der Waals surface area contributed by atoms with Crippen LogP contribution in [0.3, 0.4) is 0 Å². The number of rotatable bonds is 15. The molecule has 0 radical (unpaired) electrons. The van der Waals surface area contributed by atoms with Gasteiger partial charge in [-0.05, 0) is 100 Å². The van der Waals surface area contributed by atoms with Gasteiger partial charge >= 0.3 is 0 Å². The summed E-state index contributed by atoms with van der Waals surface area (Å²) < 4.78 is 40.1. The first-order valence-corrected chi connectivity index (χ1v) is 21.0. The molecule has 2 aromatic heterocycles. The minimum absolute atomic E-state index is 0.0746. The number of benzene rings is 3. The van der Waals surface area contributed by atoms with E-state index in [2.05, 4.69) is 37.4 Å². The molecule has 0 saturated heterocycles. The summed E-state index contributed by atoms with van der Waals surface area (Å²) in [5, 5.41) is 25.8. The first kappa shape index (κ1) is 45.0. The molecule has 5 aromatic rings. The smallest absolute Gasteiger partial charge is 0.297 e. The number of aliphatic hydroxyl groups excluding tert-OH is 1. The molecule has 2 heterocycles. The topological polar surface area (TPSA) is 149 Å². The summed E-state index contributed by atoms with van der Waals surface area (Å²) in [6.45, 7) is 4.60. The van der Waals surface area contributed by atoms with Crippen LogP contribution in [0.2, 0.25) is 0 Å². The van der Waals surface area contributed by atoms with Crippen LogP contribution < -0.4 is 20.1 Å². The summed E-state index contributed by atoms with van der Waals surface area (Å²) >= 11 is 0. The Morgan fingerprint density at radius 2 is 1.56 bits per heavy atom. The Bertz CT molecular complexity index is 2280. The van der Waals surface area contributed by atoms with E-state index in [0.717, 1.165) is 71.9 Å². The van der Waals surface area contributed by atoms with E-state index in [9.17, 15) is 13.9 Å². The molecule has 0 bridgehead atoms. The monoisotopic (exact) mass is 836 g/mol. The number of anilines is 4. The second-order valence-electron chi connectivity index (χ2n) is 15.9. The number of pyridine rings is 1. The quantitative estimate of drug-likeness (QED) is 0.0590. The molecule has 0 aliphatic heterocycles. The Hall–Kier alpha value is -5.57. The second-order valence-corrected chi connectivity index (χ2v) is 15.9. The van der Waals surface area contributed by atoms with Crippen LogP contribution in [0.15, 0.2) is 60.8 Å². The number of likely N-dealkylation sites (N-methyl/N-ethyl adjacent to an activating group) is 1. The average molecular weight is 837 g/mol. The van der Waals surface area contributed by atoms with Crippen molar-refractivity contribution in [3.8, 4) is 22.6 Å². The number of ether oxygens (including phenoxy) is 2. The van der Waals surface area contributed by atoms with Crippen LogP contribution in [-0.2, 0) is 17.9 Å². The summed E-state index contributed by atoms with van der Waals surface area (Å²) in [6, 6.07) is 17.8. The Balaban J connectivity index is 0.00000201. The number of methoxy groups -OCH3 is 2. The van der Waals surface area contributed by atoms with Gasteiger partial charge in [-0.2, -0.15) is 0 Å². The molecule has 2 fully saturated rings. The molecular weight excluding hydrogens is 779 g/mol. The molecule has 4 N–H and O–H groups in total. The fraction of sp³-hybridized carbons (Fsp3) is 0.426. The summed E-state index contributed by atoms with van der Waals surface area (Å²) in [5.41, 5.74) is 7.79. The standard InChI is InChI=1S/C45H54F2N8O3.C2H4O/c1-27-31(14-9-16-35(27)51-44-42-37(52-45(53-44)43(46)47)20-28(24-49-42)25-54(2)30-12-7-6-8-13-30)32-15-10-17-36(33(32)23-48)50-29-21-40(57-4)34(41(22-29)58-5)26-55(3)38-18-11-19-39(38)56;1-2-3/h9-10,14-17,20-24,30,38-39,43,48,50,56H,6-8,11-13,18-19,25-26H2,1-5H3,(H,51,52,53);2H,1H3. The zero-order valence-corrected chi connectivity index (χ0v) is 36.0. The minimum Gasteiger partial charge on any atom is -0.496 e. The number of carbonyl (C=O) groups excluding carboxylic acids is 1. The van der Waals surface area contributed by atoms with Gasteiger partial charge in [-0.25, -0.2) is 18.7 Å². The third-order valence-corrected chi connectivity index (χ3v) is 11.9. The highest BCUT2D eigenvalue weighted by Crippen LogP contribution is 2.39. The van der Waals surface area contributed by atoms with Crippen LogP contribution in [0.1, 0.15) is 92.8 Å². The fourth-order valence-corrected chi connectivity index (χ4v) is 8.71. The number of fused-ring (bicyclic) bond motifs is 1. The van der Waals surface area contributed by atoms with Gasteiger partial charge in [0.05, 0.1) is 31.4 Å². The van der Waals surface area contributed by atoms with Crippen molar-refractivity contribution >= 4 is 46.4 Å². The van der Waals surface area contributed by atoms with E-state index < -0.39 is 12.2 Å². The van der Waals surface area contributed by atoms with Crippen LogP contribution >= 0.6 is 0 Å². The molecule has 7 rings (SSSR count). The Morgan fingerprint density at radius 3 is 2.18 bits per heavy atom. The zero-order valence-electron chi connectivity index (χ0n) is 36.0. The first-order valence-electron chi connectivity index (χ1n) is 21.0.